The number of methoxy groups -OCH3 is 1. The largest absolute Gasteiger partial charge is 0.496 e. The number of ether oxygens (including phenoxy) is 3. The summed E-state index contributed by atoms with van der Waals surface area (Å²) in [5.74, 6) is 0.965. The molecule has 0 bridgehead atoms. The summed E-state index contributed by atoms with van der Waals surface area (Å²) in [6.45, 7) is -0.103. The SMILES string of the molecule is COC1=CC=C2OC(CO)C=CC23CC(=O)OC=C13. The average Bonchev–Trinajstić information content (AvgIpc) is 2.44. The van der Waals surface area contributed by atoms with Gasteiger partial charge in [-0.1, -0.05) is 6.08 Å². The summed E-state index contributed by atoms with van der Waals surface area (Å²) in [7, 11) is 1.57. The number of aliphatic hydroxyl groups excluding tert-OH is 1. The van der Waals surface area contributed by atoms with Crippen LogP contribution >= 0.6 is 0 Å². The van der Waals surface area contributed by atoms with Gasteiger partial charge in [-0.3, -0.25) is 4.79 Å². The Balaban J connectivity index is 2.13. The summed E-state index contributed by atoms with van der Waals surface area (Å²) >= 11 is 0. The van der Waals surface area contributed by atoms with Crippen LogP contribution in [0.4, 0.5) is 0 Å². The van der Waals surface area contributed by atoms with Crippen molar-refractivity contribution in [3.05, 3.63) is 47.7 Å². The number of esters is 1. The minimum atomic E-state index is -0.666. The van der Waals surface area contributed by atoms with Crippen LogP contribution in [0, 0.1) is 5.41 Å². The molecule has 2 aliphatic heterocycles. The molecule has 19 heavy (non-hydrogen) atoms. The van der Waals surface area contributed by atoms with Gasteiger partial charge < -0.3 is 19.3 Å². The maximum Gasteiger partial charge on any atom is 0.312 e. The molecule has 0 fully saturated rings. The first kappa shape index (κ1) is 12.0. The van der Waals surface area contributed by atoms with Crippen LogP contribution in [0.3, 0.4) is 0 Å². The number of cyclic esters (lactones) is 1. The zero-order valence-electron chi connectivity index (χ0n) is 10.5. The number of hydrogen-bond acceptors (Lipinski definition) is 5. The molecule has 2 atom stereocenters. The fraction of sp³-hybridized carbons (Fsp3) is 0.357. The van der Waals surface area contributed by atoms with Crippen molar-refractivity contribution in [1.82, 2.24) is 0 Å². The zero-order valence-corrected chi connectivity index (χ0v) is 10.5. The Morgan fingerprint density at radius 3 is 3.11 bits per heavy atom. The lowest BCUT2D eigenvalue weighted by atomic mass is 9.70. The molecule has 0 aromatic rings. The molecule has 3 aliphatic rings. The highest BCUT2D eigenvalue weighted by Gasteiger charge is 2.48. The van der Waals surface area contributed by atoms with Gasteiger partial charge in [-0.25, -0.2) is 0 Å². The minimum Gasteiger partial charge on any atom is -0.496 e. The van der Waals surface area contributed by atoms with Crippen LogP contribution in [0.25, 0.3) is 0 Å². The van der Waals surface area contributed by atoms with Crippen LogP contribution in [-0.4, -0.2) is 30.9 Å². The molecule has 100 valence electrons. The number of carbonyl (C=O) groups is 1. The summed E-state index contributed by atoms with van der Waals surface area (Å²) in [6, 6.07) is 0. The van der Waals surface area contributed by atoms with Gasteiger partial charge in [0.2, 0.25) is 0 Å². The van der Waals surface area contributed by atoms with Crippen molar-refractivity contribution in [2.45, 2.75) is 12.5 Å². The molecule has 0 saturated carbocycles. The standard InChI is InChI=1S/C14H14O5/c1-17-11-2-3-12-14(5-4-9(7-15)19-12)6-13(16)18-8-10(11)14/h2-5,8-9,15H,6-7H2,1H3. The van der Waals surface area contributed by atoms with Gasteiger partial charge in [0, 0.05) is 5.57 Å². The summed E-state index contributed by atoms with van der Waals surface area (Å²) in [4.78, 5) is 11.6. The molecule has 0 aromatic carbocycles. The molecule has 1 spiro atoms. The fourth-order valence-corrected chi connectivity index (χ4v) is 2.61. The summed E-state index contributed by atoms with van der Waals surface area (Å²) in [5.41, 5.74) is 0.0981. The van der Waals surface area contributed by atoms with Crippen LogP contribution < -0.4 is 0 Å². The van der Waals surface area contributed by atoms with Gasteiger partial charge in [-0.2, -0.15) is 0 Å². The quantitative estimate of drug-likeness (QED) is 0.598. The van der Waals surface area contributed by atoms with Crippen LogP contribution in [0.1, 0.15) is 6.42 Å². The van der Waals surface area contributed by atoms with E-state index in [-0.39, 0.29) is 25.1 Å². The van der Waals surface area contributed by atoms with Gasteiger partial charge in [0.25, 0.3) is 0 Å². The molecule has 3 rings (SSSR count). The Morgan fingerprint density at radius 2 is 2.37 bits per heavy atom. The highest BCUT2D eigenvalue weighted by Crippen LogP contribution is 2.51. The lowest BCUT2D eigenvalue weighted by molar-refractivity contribution is -0.141. The summed E-state index contributed by atoms with van der Waals surface area (Å²) < 4.78 is 16.0. The van der Waals surface area contributed by atoms with Gasteiger partial charge in [0.05, 0.1) is 25.6 Å². The van der Waals surface area contributed by atoms with Gasteiger partial charge in [0.15, 0.2) is 0 Å². The van der Waals surface area contributed by atoms with Crippen LogP contribution in [0.5, 0.6) is 0 Å². The first-order valence-electron chi connectivity index (χ1n) is 6.03. The van der Waals surface area contributed by atoms with E-state index in [0.29, 0.717) is 11.5 Å². The molecule has 1 aliphatic carbocycles. The Kier molecular flexibility index (Phi) is 2.71. The van der Waals surface area contributed by atoms with Crippen molar-refractivity contribution in [2.75, 3.05) is 13.7 Å². The monoisotopic (exact) mass is 262 g/mol. The van der Waals surface area contributed by atoms with Gasteiger partial charge in [0.1, 0.15) is 23.9 Å². The smallest absolute Gasteiger partial charge is 0.312 e. The maximum absolute atomic E-state index is 11.6. The van der Waals surface area contributed by atoms with E-state index in [1.54, 1.807) is 25.3 Å². The predicted octanol–water partition coefficient (Wildman–Crippen LogP) is 1.18. The molecule has 0 saturated heterocycles. The van der Waals surface area contributed by atoms with E-state index in [2.05, 4.69) is 0 Å². The molecular weight excluding hydrogens is 248 g/mol. The predicted molar refractivity (Wildman–Crippen MR) is 65.5 cm³/mol. The van der Waals surface area contributed by atoms with Gasteiger partial charge >= 0.3 is 5.97 Å². The molecule has 5 nitrogen and oxygen atoms in total. The van der Waals surface area contributed by atoms with E-state index in [0.717, 1.165) is 5.57 Å². The molecule has 0 radical (unpaired) electrons. The second-order valence-electron chi connectivity index (χ2n) is 4.63. The average molecular weight is 262 g/mol. The lowest BCUT2D eigenvalue weighted by Gasteiger charge is -2.42. The third kappa shape index (κ3) is 1.69. The van der Waals surface area contributed by atoms with Gasteiger partial charge in [-0.15, -0.1) is 0 Å². The summed E-state index contributed by atoms with van der Waals surface area (Å²) in [6.07, 6.45) is 8.41. The van der Waals surface area contributed by atoms with E-state index in [4.69, 9.17) is 14.2 Å². The van der Waals surface area contributed by atoms with E-state index in [9.17, 15) is 9.90 Å². The molecule has 5 heteroatoms. The minimum absolute atomic E-state index is 0.103. The van der Waals surface area contributed by atoms with Crippen molar-refractivity contribution in [3.8, 4) is 0 Å². The highest BCUT2D eigenvalue weighted by atomic mass is 16.5. The van der Waals surface area contributed by atoms with Crippen molar-refractivity contribution < 1.29 is 24.1 Å². The first-order chi connectivity index (χ1) is 9.19. The van der Waals surface area contributed by atoms with Crippen molar-refractivity contribution in [3.63, 3.8) is 0 Å². The Hall–Kier alpha value is -2.01. The van der Waals surface area contributed by atoms with Crippen molar-refractivity contribution in [2.24, 2.45) is 5.41 Å². The second-order valence-corrected chi connectivity index (χ2v) is 4.63. The molecular formula is C14H14O5. The van der Waals surface area contributed by atoms with Crippen molar-refractivity contribution >= 4 is 5.97 Å². The van der Waals surface area contributed by atoms with E-state index < -0.39 is 5.41 Å². The third-order valence-corrected chi connectivity index (χ3v) is 3.58. The molecule has 0 aromatic heterocycles. The topological polar surface area (TPSA) is 65.0 Å². The van der Waals surface area contributed by atoms with E-state index in [1.807, 2.05) is 6.08 Å². The fourth-order valence-electron chi connectivity index (χ4n) is 2.61. The number of allylic oxidation sites excluding steroid dienone is 4. The summed E-state index contributed by atoms with van der Waals surface area (Å²) in [5, 5.41) is 9.18. The van der Waals surface area contributed by atoms with Crippen LogP contribution in [-0.2, 0) is 19.0 Å². The molecule has 0 amide bonds. The van der Waals surface area contributed by atoms with Crippen LogP contribution in [0.2, 0.25) is 0 Å². The van der Waals surface area contributed by atoms with Gasteiger partial charge in [-0.05, 0) is 18.2 Å². The highest BCUT2D eigenvalue weighted by molar-refractivity contribution is 5.76. The number of rotatable bonds is 2. The third-order valence-electron chi connectivity index (χ3n) is 3.58. The first-order valence-corrected chi connectivity index (χ1v) is 6.03. The second kappa shape index (κ2) is 4.28. The maximum atomic E-state index is 11.6. The Bertz CT molecular complexity index is 540. The lowest BCUT2D eigenvalue weighted by Crippen LogP contribution is -2.39. The zero-order chi connectivity index (χ0) is 13.5. The number of carbonyl (C=O) groups excluding carboxylic acids is 1. The number of hydrogen-bond donors (Lipinski definition) is 1. The molecule has 2 heterocycles. The van der Waals surface area contributed by atoms with Crippen molar-refractivity contribution in [1.29, 1.82) is 0 Å². The Morgan fingerprint density at radius 1 is 1.53 bits per heavy atom. The Labute approximate surface area is 110 Å². The van der Waals surface area contributed by atoms with Crippen LogP contribution in [0.15, 0.2) is 47.7 Å². The van der Waals surface area contributed by atoms with E-state index >= 15 is 0 Å². The molecule has 1 N–H and O–H groups in total. The number of aliphatic hydroxyl groups is 1. The normalized spacial score (nSPS) is 32.0. The van der Waals surface area contributed by atoms with E-state index in [1.165, 1.54) is 6.26 Å². The molecule has 2 unspecified atom stereocenters.